The number of carbonyl (C=O) groups is 1. The van der Waals surface area contributed by atoms with Crippen molar-refractivity contribution in [2.24, 2.45) is 16.6 Å². The Balaban J connectivity index is 1.59. The number of amidine groups is 1. The monoisotopic (exact) mass is 490 g/mol. The summed E-state index contributed by atoms with van der Waals surface area (Å²) in [6, 6.07) is 6.12. The molecule has 1 amide bonds. The van der Waals surface area contributed by atoms with Crippen LogP contribution in [-0.2, 0) is 20.1 Å². The van der Waals surface area contributed by atoms with Crippen LogP contribution in [0.4, 0.5) is 14.5 Å². The number of nitrogens with two attached hydrogens (primary N) is 1. The summed E-state index contributed by atoms with van der Waals surface area (Å²) in [7, 11) is -3.92. The van der Waals surface area contributed by atoms with Crippen molar-refractivity contribution in [1.29, 1.82) is 0 Å². The van der Waals surface area contributed by atoms with Gasteiger partial charge in [-0.3, -0.25) is 9.79 Å². The third-order valence-corrected chi connectivity index (χ3v) is 10.4. The van der Waals surface area contributed by atoms with Gasteiger partial charge in [-0.1, -0.05) is 0 Å². The Kier molecular flexibility index (Phi) is 5.07. The second kappa shape index (κ2) is 7.54. The zero-order chi connectivity index (χ0) is 24.5. The van der Waals surface area contributed by atoms with E-state index in [-0.39, 0.29) is 35.3 Å². The molecule has 0 radical (unpaired) electrons. The maximum absolute atomic E-state index is 15.2. The summed E-state index contributed by atoms with van der Waals surface area (Å²) in [5.41, 5.74) is 4.83. The van der Waals surface area contributed by atoms with Gasteiger partial charge in [0.2, 0.25) is 0 Å². The minimum atomic E-state index is -3.92. The number of aliphatic imine (C=N–C) groups is 1. The van der Waals surface area contributed by atoms with Crippen LogP contribution >= 0.6 is 0 Å². The van der Waals surface area contributed by atoms with Crippen LogP contribution in [0, 0.1) is 17.6 Å². The molecule has 2 aliphatic heterocycles. The van der Waals surface area contributed by atoms with Crippen molar-refractivity contribution < 1.29 is 26.7 Å². The van der Waals surface area contributed by atoms with Crippen LogP contribution in [0.1, 0.15) is 42.7 Å². The number of rotatable bonds is 4. The van der Waals surface area contributed by atoms with Gasteiger partial charge in [-0.05, 0) is 62.9 Å². The summed E-state index contributed by atoms with van der Waals surface area (Å²) in [5.74, 6) is -2.10. The Labute approximate surface area is 195 Å². The summed E-state index contributed by atoms with van der Waals surface area (Å²) >= 11 is 0. The van der Waals surface area contributed by atoms with Gasteiger partial charge in [0.05, 0.1) is 18.9 Å². The molecule has 5 rings (SSSR count). The summed E-state index contributed by atoms with van der Waals surface area (Å²) in [6.07, 6.45) is 1.64. The van der Waals surface area contributed by atoms with Crippen LogP contribution in [-0.4, -0.2) is 47.9 Å². The number of benzene rings is 1. The number of carbonyl (C=O) groups excluding carboxylic acids is 1. The van der Waals surface area contributed by atoms with E-state index < -0.39 is 49.0 Å². The Bertz CT molecular complexity index is 1310. The average Bonchev–Trinajstić information content (AvgIpc) is 3.58. The maximum Gasteiger partial charge on any atom is 0.274 e. The highest BCUT2D eigenvalue weighted by atomic mass is 32.2. The van der Waals surface area contributed by atoms with Crippen LogP contribution < -0.4 is 11.1 Å². The summed E-state index contributed by atoms with van der Waals surface area (Å²) in [6.45, 7) is 3.06. The number of nitrogens with zero attached hydrogens (tertiary/aromatic N) is 2. The molecular weight excluding hydrogens is 466 g/mol. The normalized spacial score (nSPS) is 32.1. The molecular formula is C23H24F2N4O4S. The molecule has 3 heterocycles. The Hall–Kier alpha value is -2.92. The lowest BCUT2D eigenvalue weighted by Gasteiger charge is -2.44. The zero-order valence-corrected chi connectivity index (χ0v) is 19.4. The smallest absolute Gasteiger partial charge is 0.274 e. The number of hydrogen-bond donors (Lipinski definition) is 2. The van der Waals surface area contributed by atoms with Gasteiger partial charge in [-0.25, -0.2) is 22.2 Å². The predicted molar refractivity (Wildman–Crippen MR) is 121 cm³/mol. The van der Waals surface area contributed by atoms with Gasteiger partial charge in [0.1, 0.15) is 38.7 Å². The molecule has 4 atom stereocenters. The summed E-state index contributed by atoms with van der Waals surface area (Å²) in [5, 5.41) is 1.45. The van der Waals surface area contributed by atoms with E-state index in [4.69, 9.17) is 10.5 Å². The fourth-order valence-corrected chi connectivity index (χ4v) is 8.07. The highest BCUT2D eigenvalue weighted by molar-refractivity contribution is 7.94. The second-order valence-electron chi connectivity index (χ2n) is 9.29. The van der Waals surface area contributed by atoms with E-state index in [2.05, 4.69) is 15.3 Å². The van der Waals surface area contributed by atoms with Gasteiger partial charge < -0.3 is 15.8 Å². The highest BCUT2D eigenvalue weighted by Crippen LogP contribution is 2.55. The molecule has 2 aromatic rings. The number of hydrogen-bond acceptors (Lipinski definition) is 7. The molecule has 180 valence electrons. The van der Waals surface area contributed by atoms with E-state index in [1.807, 2.05) is 0 Å². The first-order valence-corrected chi connectivity index (χ1v) is 12.5. The molecule has 3 N–H and O–H groups in total. The second-order valence-corrected chi connectivity index (χ2v) is 11.7. The first-order valence-electron chi connectivity index (χ1n) is 10.9. The minimum Gasteiger partial charge on any atom is -0.386 e. The van der Waals surface area contributed by atoms with Gasteiger partial charge in [0.25, 0.3) is 5.91 Å². The Morgan fingerprint density at radius 3 is 2.62 bits per heavy atom. The number of pyridine rings is 1. The number of amides is 1. The molecule has 2 fully saturated rings. The quantitative estimate of drug-likeness (QED) is 0.679. The third-order valence-electron chi connectivity index (χ3n) is 7.22. The Morgan fingerprint density at radius 1 is 1.24 bits per heavy atom. The topological polar surface area (TPSA) is 124 Å². The van der Waals surface area contributed by atoms with Crippen molar-refractivity contribution >= 4 is 27.3 Å². The molecule has 0 spiro atoms. The van der Waals surface area contributed by atoms with Crippen LogP contribution in [0.5, 0.6) is 0 Å². The van der Waals surface area contributed by atoms with Crippen LogP contribution in [0.15, 0.2) is 41.5 Å². The molecule has 1 saturated carbocycles. The largest absolute Gasteiger partial charge is 0.386 e. The van der Waals surface area contributed by atoms with E-state index in [1.54, 1.807) is 13.8 Å². The minimum absolute atomic E-state index is 0.0314. The van der Waals surface area contributed by atoms with Crippen molar-refractivity contribution in [3.63, 3.8) is 0 Å². The number of aromatic nitrogens is 1. The lowest BCUT2D eigenvalue weighted by molar-refractivity contribution is 0.102. The fourth-order valence-electron chi connectivity index (χ4n) is 5.16. The van der Waals surface area contributed by atoms with Crippen molar-refractivity contribution in [2.75, 3.05) is 11.9 Å². The van der Waals surface area contributed by atoms with Crippen molar-refractivity contribution in [1.82, 2.24) is 4.98 Å². The molecule has 1 aromatic carbocycles. The number of anilines is 1. The number of nitrogens with one attached hydrogen (secondary N) is 1. The third kappa shape index (κ3) is 3.17. The fraction of sp³-hybridized carbons (Fsp3) is 0.435. The van der Waals surface area contributed by atoms with Gasteiger partial charge in [-0.15, -0.1) is 0 Å². The van der Waals surface area contributed by atoms with Gasteiger partial charge in [-0.2, -0.15) is 0 Å². The summed E-state index contributed by atoms with van der Waals surface area (Å²) in [4.78, 5) is 20.9. The molecule has 1 saturated heterocycles. The van der Waals surface area contributed by atoms with Gasteiger partial charge >= 0.3 is 0 Å². The lowest BCUT2D eigenvalue weighted by Crippen LogP contribution is -2.63. The number of fused-ring (bicyclic) bond motifs is 1. The molecule has 1 aliphatic carbocycles. The van der Waals surface area contributed by atoms with Crippen molar-refractivity contribution in [2.45, 2.75) is 48.3 Å². The van der Waals surface area contributed by atoms with E-state index in [0.717, 1.165) is 31.2 Å². The number of halogens is 2. The van der Waals surface area contributed by atoms with Crippen LogP contribution in [0.3, 0.4) is 0 Å². The molecule has 34 heavy (non-hydrogen) atoms. The standard InChI is InChI=1S/C23H24F2N4O4S/c1-12-19-23(11-33-12,29-21(26)22(2,13-3-4-13)34(19,31)32)16-9-15(6-7-17(16)25)28-20(30)18-8-5-14(24)10-27-18/h5-10,12-13,19H,3-4,11H2,1-2H3,(H2,26,29)(H,28,30)/t12-,19-,22-,23-/m1/s1. The number of ether oxygens (including phenoxy) is 1. The van der Waals surface area contributed by atoms with Gasteiger partial charge in [0, 0.05) is 11.3 Å². The van der Waals surface area contributed by atoms with E-state index in [9.17, 15) is 17.6 Å². The molecule has 11 heteroatoms. The van der Waals surface area contributed by atoms with Crippen molar-refractivity contribution in [3.8, 4) is 0 Å². The number of sulfone groups is 1. The Morgan fingerprint density at radius 2 is 1.97 bits per heavy atom. The van der Waals surface area contributed by atoms with E-state index >= 15 is 4.39 Å². The predicted octanol–water partition coefficient (Wildman–Crippen LogP) is 2.55. The lowest BCUT2D eigenvalue weighted by atomic mass is 9.85. The van der Waals surface area contributed by atoms with Crippen LogP contribution in [0.25, 0.3) is 0 Å². The first kappa shape index (κ1) is 22.9. The van der Waals surface area contributed by atoms with Crippen molar-refractivity contribution in [3.05, 3.63) is 59.4 Å². The highest BCUT2D eigenvalue weighted by Gasteiger charge is 2.68. The van der Waals surface area contributed by atoms with Gasteiger partial charge in [0.15, 0.2) is 9.84 Å². The molecule has 8 nitrogen and oxygen atoms in total. The SMILES string of the molecule is C[C@H]1OC[C@]2(c3cc(NC(=O)c4ccc(F)cn4)ccc3F)N=C(N)[C@@](C)(C3CC3)S(=O)(=O)[C@H]12. The average molecular weight is 491 g/mol. The molecule has 3 aliphatic rings. The maximum atomic E-state index is 15.2. The zero-order valence-electron chi connectivity index (χ0n) is 18.6. The molecule has 0 bridgehead atoms. The first-order chi connectivity index (χ1) is 16.0. The van der Waals surface area contributed by atoms with E-state index in [1.165, 1.54) is 18.2 Å². The molecule has 0 unspecified atom stereocenters. The van der Waals surface area contributed by atoms with Crippen LogP contribution in [0.2, 0.25) is 0 Å². The molecule has 1 aromatic heterocycles. The van der Waals surface area contributed by atoms with E-state index in [0.29, 0.717) is 0 Å². The summed E-state index contributed by atoms with van der Waals surface area (Å²) < 4.78 is 60.6.